The number of hydrogen-bond donors (Lipinski definition) is 1. The van der Waals surface area contributed by atoms with Gasteiger partial charge in [-0.1, -0.05) is 55.3 Å². The second kappa shape index (κ2) is 7.98. The lowest BCUT2D eigenvalue weighted by Crippen LogP contribution is -2.19. The van der Waals surface area contributed by atoms with E-state index in [9.17, 15) is 4.79 Å². The predicted molar refractivity (Wildman–Crippen MR) is 93.8 cm³/mol. The van der Waals surface area contributed by atoms with Crippen molar-refractivity contribution in [2.75, 3.05) is 0 Å². The third kappa shape index (κ3) is 5.88. The van der Waals surface area contributed by atoms with E-state index in [0.29, 0.717) is 0 Å². The number of aliphatic carboxylic acids is 1. The van der Waals surface area contributed by atoms with Crippen molar-refractivity contribution >= 4 is 5.97 Å². The Balaban J connectivity index is 3.04. The number of hydrogen-bond acceptors (Lipinski definition) is 1. The molecule has 0 aliphatic heterocycles. The Bertz CT molecular complexity index is 659. The van der Waals surface area contributed by atoms with Crippen molar-refractivity contribution in [1.29, 1.82) is 0 Å². The highest BCUT2D eigenvalue weighted by molar-refractivity contribution is 5.81. The molecule has 0 heterocycles. The second-order valence-electron chi connectivity index (χ2n) is 6.59. The molecule has 0 amide bonds. The van der Waals surface area contributed by atoms with E-state index in [1.807, 2.05) is 13.0 Å². The Labute approximate surface area is 137 Å². The molecule has 0 spiro atoms. The van der Waals surface area contributed by atoms with Gasteiger partial charge in [0.05, 0.1) is 2.74 Å². The Morgan fingerprint density at radius 1 is 1.32 bits per heavy atom. The zero-order valence-electron chi connectivity index (χ0n) is 16.3. The maximum Gasteiger partial charge on any atom is 0.328 e. The Morgan fingerprint density at radius 2 is 2.00 bits per heavy atom. The van der Waals surface area contributed by atoms with E-state index in [1.165, 1.54) is 30.9 Å². The van der Waals surface area contributed by atoms with E-state index in [1.54, 1.807) is 6.08 Å². The second-order valence-corrected chi connectivity index (χ2v) is 6.59. The number of rotatable bonds is 5. The van der Waals surface area contributed by atoms with E-state index < -0.39 is 5.97 Å². The first-order valence-electron chi connectivity index (χ1n) is 8.70. The molecule has 2 nitrogen and oxygen atoms in total. The average molecular weight is 304 g/mol. The van der Waals surface area contributed by atoms with Gasteiger partial charge >= 0.3 is 5.97 Å². The summed E-state index contributed by atoms with van der Waals surface area (Å²) in [6.07, 6.45) is 10.2. The van der Waals surface area contributed by atoms with Crippen LogP contribution in [0.25, 0.3) is 0 Å². The number of carboxylic acid groups (broad SMARTS) is 1. The van der Waals surface area contributed by atoms with Gasteiger partial charge in [0.15, 0.2) is 0 Å². The molecule has 0 saturated carbocycles. The van der Waals surface area contributed by atoms with E-state index in [4.69, 9.17) is 7.85 Å². The topological polar surface area (TPSA) is 37.3 Å². The predicted octanol–water partition coefficient (Wildman–Crippen LogP) is 5.60. The molecule has 0 radical (unpaired) electrons. The van der Waals surface area contributed by atoms with Crippen LogP contribution in [-0.2, 0) is 4.79 Å². The van der Waals surface area contributed by atoms with Crippen molar-refractivity contribution in [3.63, 3.8) is 0 Å². The minimum Gasteiger partial charge on any atom is -0.478 e. The van der Waals surface area contributed by atoms with Gasteiger partial charge in [0.1, 0.15) is 0 Å². The molecule has 1 rings (SSSR count). The zero-order valence-corrected chi connectivity index (χ0v) is 14.3. The molecular formula is C20H28O2. The minimum atomic E-state index is -1.10. The van der Waals surface area contributed by atoms with Crippen molar-refractivity contribution < 1.29 is 12.6 Å². The third-order valence-electron chi connectivity index (χ3n) is 3.96. The van der Waals surface area contributed by atoms with E-state index >= 15 is 0 Å². The lowest BCUT2D eigenvalue weighted by Gasteiger charge is -2.32. The molecule has 0 fully saturated rings. The van der Waals surface area contributed by atoms with Crippen LogP contribution in [0, 0.1) is 5.41 Å². The zero-order chi connectivity index (χ0) is 18.5. The van der Waals surface area contributed by atoms with Gasteiger partial charge in [-0.25, -0.2) is 4.79 Å². The van der Waals surface area contributed by atoms with Crippen LogP contribution in [-0.4, -0.2) is 11.1 Å². The molecule has 0 aromatic heterocycles. The summed E-state index contributed by atoms with van der Waals surface area (Å²) in [5, 5.41) is 8.72. The SMILES string of the molecule is [3H]C(/C=C(C)/C=C/C1=C(C)CCCC1(C)C)=C([3H])/C(C)=C/C(=O)O. The first kappa shape index (κ1) is 15.1. The molecule has 0 atom stereocenters. The van der Waals surface area contributed by atoms with Gasteiger partial charge in [0.25, 0.3) is 0 Å². The molecule has 0 aromatic carbocycles. The van der Waals surface area contributed by atoms with Gasteiger partial charge in [-0.2, -0.15) is 0 Å². The maximum absolute atomic E-state index is 10.7. The third-order valence-corrected chi connectivity index (χ3v) is 3.96. The fourth-order valence-corrected chi connectivity index (χ4v) is 2.76. The number of allylic oxidation sites excluding steroid dienone is 9. The van der Waals surface area contributed by atoms with Crippen LogP contribution in [0.1, 0.15) is 56.6 Å². The Hall–Kier alpha value is -1.83. The average Bonchev–Trinajstić information content (AvgIpc) is 2.44. The van der Waals surface area contributed by atoms with Gasteiger partial charge in [-0.15, -0.1) is 0 Å². The van der Waals surface area contributed by atoms with E-state index in [2.05, 4.69) is 26.8 Å². The lowest BCUT2D eigenvalue weighted by atomic mass is 9.72. The molecule has 0 unspecified atom stereocenters. The Kier molecular flexibility index (Phi) is 5.47. The molecule has 1 N–H and O–H groups in total. The molecular weight excluding hydrogens is 272 g/mol. The van der Waals surface area contributed by atoms with E-state index in [-0.39, 0.29) is 23.1 Å². The van der Waals surface area contributed by atoms with Gasteiger partial charge < -0.3 is 5.11 Å². The van der Waals surface area contributed by atoms with Crippen LogP contribution >= 0.6 is 0 Å². The summed E-state index contributed by atoms with van der Waals surface area (Å²) in [7, 11) is 0. The smallest absolute Gasteiger partial charge is 0.328 e. The fourth-order valence-electron chi connectivity index (χ4n) is 2.76. The Morgan fingerprint density at radius 3 is 2.59 bits per heavy atom. The van der Waals surface area contributed by atoms with Crippen LogP contribution in [0.3, 0.4) is 0 Å². The lowest BCUT2D eigenvalue weighted by molar-refractivity contribution is -0.131. The molecule has 0 bridgehead atoms. The largest absolute Gasteiger partial charge is 0.478 e. The summed E-state index contributed by atoms with van der Waals surface area (Å²) in [5.74, 6) is -1.10. The normalized spacial score (nSPS) is 22.4. The van der Waals surface area contributed by atoms with Gasteiger partial charge in [0, 0.05) is 6.08 Å². The van der Waals surface area contributed by atoms with Crippen LogP contribution in [0.15, 0.2) is 58.7 Å². The summed E-state index contributed by atoms with van der Waals surface area (Å²) in [5.41, 5.74) is 4.07. The molecule has 120 valence electrons. The molecule has 2 heteroatoms. The minimum absolute atomic E-state index is 0.0146. The van der Waals surface area contributed by atoms with Crippen LogP contribution in [0.4, 0.5) is 0 Å². The highest BCUT2D eigenvalue weighted by atomic mass is 16.4. The fraction of sp³-hybridized carbons (Fsp3) is 0.450. The van der Waals surface area contributed by atoms with Crippen LogP contribution < -0.4 is 0 Å². The molecule has 1 aliphatic carbocycles. The number of carboxylic acids is 1. The highest BCUT2D eigenvalue weighted by Gasteiger charge is 2.26. The summed E-state index contributed by atoms with van der Waals surface area (Å²) >= 11 is 0. The monoisotopic (exact) mass is 304 g/mol. The summed E-state index contributed by atoms with van der Waals surface area (Å²) in [6.45, 7) is 10.1. The van der Waals surface area contributed by atoms with Crippen molar-refractivity contribution in [2.24, 2.45) is 5.41 Å². The first-order valence-corrected chi connectivity index (χ1v) is 7.70. The van der Waals surface area contributed by atoms with Crippen LogP contribution in [0.2, 0.25) is 0 Å². The highest BCUT2D eigenvalue weighted by Crippen LogP contribution is 2.40. The number of carbonyl (C=O) groups is 1. The van der Waals surface area contributed by atoms with Crippen molar-refractivity contribution in [3.8, 4) is 0 Å². The molecule has 22 heavy (non-hydrogen) atoms. The summed E-state index contributed by atoms with van der Waals surface area (Å²) in [4.78, 5) is 10.7. The molecule has 0 saturated heterocycles. The standard InChI is InChI=1S/C20H28O2/c1-15(8-6-9-16(2)14-19(21)22)11-12-18-17(3)10-7-13-20(18,4)5/h6,8-9,11-12,14H,7,10,13H2,1-5H3,(H,21,22)/b9-6-,12-11+,15-8+,16-14+/i6T,9T. The van der Waals surface area contributed by atoms with Crippen molar-refractivity contribution in [3.05, 3.63) is 58.7 Å². The van der Waals surface area contributed by atoms with Crippen molar-refractivity contribution in [2.45, 2.75) is 53.9 Å². The van der Waals surface area contributed by atoms with Gasteiger partial charge in [-0.05, 0) is 56.6 Å². The molecule has 1 aliphatic rings. The summed E-state index contributed by atoms with van der Waals surface area (Å²) in [6, 6.07) is -0.0562. The molecule has 0 aromatic rings. The summed E-state index contributed by atoms with van der Waals surface area (Å²) < 4.78 is 15.8. The van der Waals surface area contributed by atoms with E-state index in [0.717, 1.165) is 18.1 Å². The quantitative estimate of drug-likeness (QED) is 0.530. The van der Waals surface area contributed by atoms with Crippen molar-refractivity contribution in [1.82, 2.24) is 0 Å². The maximum atomic E-state index is 10.7. The van der Waals surface area contributed by atoms with Crippen LogP contribution in [0.5, 0.6) is 0 Å². The first-order chi connectivity index (χ1) is 11.0. The van der Waals surface area contributed by atoms with Gasteiger partial charge in [-0.3, -0.25) is 0 Å². The van der Waals surface area contributed by atoms with Gasteiger partial charge in [0.2, 0.25) is 0 Å².